The first-order valence-electron chi connectivity index (χ1n) is 4.12. The van der Waals surface area contributed by atoms with Crippen molar-refractivity contribution in [1.29, 1.82) is 0 Å². The van der Waals surface area contributed by atoms with Gasteiger partial charge in [-0.15, -0.1) is 0 Å². The minimum absolute atomic E-state index is 0.448. The molecule has 3 N–H and O–H groups in total. The summed E-state index contributed by atoms with van der Waals surface area (Å²) in [6.07, 6.45) is 4.22. The molecule has 13 heavy (non-hydrogen) atoms. The smallest absolute Gasteiger partial charge is 0.320 e. The van der Waals surface area contributed by atoms with E-state index in [1.165, 1.54) is 0 Å². The second-order valence-electron chi connectivity index (χ2n) is 2.85. The molecule has 0 aromatic carbocycles. The molecule has 0 aliphatic carbocycles. The van der Waals surface area contributed by atoms with Crippen LogP contribution in [-0.2, 0) is 11.3 Å². The lowest BCUT2D eigenvalue weighted by Crippen LogP contribution is -2.39. The predicted octanol–water partition coefficient (Wildman–Crippen LogP) is -0.224. The number of hydrogen-bond donors (Lipinski definition) is 2. The summed E-state index contributed by atoms with van der Waals surface area (Å²) in [4.78, 5) is 10.4. The molecule has 0 aliphatic rings. The molecule has 4 nitrogen and oxygen atoms in total. The number of aryl methyl sites for hydroxylation is 1. The SMILES string of the molecule is N[C@@H](CC[n+]1ccccc1)C(=O)O. The molecule has 70 valence electrons. The summed E-state index contributed by atoms with van der Waals surface area (Å²) in [5, 5.41) is 8.53. The molecular formula is C9H13N2O2+. The number of pyridine rings is 1. The molecule has 0 bridgehead atoms. The highest BCUT2D eigenvalue weighted by atomic mass is 16.4. The van der Waals surface area contributed by atoms with Crippen LogP contribution in [0.3, 0.4) is 0 Å². The quantitative estimate of drug-likeness (QED) is 0.631. The molecule has 1 aromatic rings. The van der Waals surface area contributed by atoms with Gasteiger partial charge in [-0.25, -0.2) is 4.57 Å². The van der Waals surface area contributed by atoms with Crippen LogP contribution in [0.2, 0.25) is 0 Å². The summed E-state index contributed by atoms with van der Waals surface area (Å²) < 4.78 is 1.91. The van der Waals surface area contributed by atoms with Crippen LogP contribution in [0.25, 0.3) is 0 Å². The van der Waals surface area contributed by atoms with Crippen LogP contribution >= 0.6 is 0 Å². The second-order valence-corrected chi connectivity index (χ2v) is 2.85. The maximum absolute atomic E-state index is 10.4. The van der Waals surface area contributed by atoms with Gasteiger partial charge in [0.05, 0.1) is 0 Å². The van der Waals surface area contributed by atoms with Gasteiger partial charge in [-0.2, -0.15) is 0 Å². The molecule has 4 heteroatoms. The largest absolute Gasteiger partial charge is 0.480 e. The number of nitrogens with zero attached hydrogens (tertiary/aromatic N) is 1. The van der Waals surface area contributed by atoms with Gasteiger partial charge in [0.15, 0.2) is 18.9 Å². The van der Waals surface area contributed by atoms with Gasteiger partial charge in [0, 0.05) is 18.6 Å². The van der Waals surface area contributed by atoms with E-state index in [-0.39, 0.29) is 0 Å². The van der Waals surface area contributed by atoms with Gasteiger partial charge in [0.25, 0.3) is 0 Å². The third-order valence-electron chi connectivity index (χ3n) is 1.79. The molecule has 0 spiro atoms. The molecule has 1 rings (SSSR count). The van der Waals surface area contributed by atoms with Crippen LogP contribution in [-0.4, -0.2) is 17.1 Å². The zero-order chi connectivity index (χ0) is 9.68. The topological polar surface area (TPSA) is 67.2 Å². The zero-order valence-electron chi connectivity index (χ0n) is 7.26. The molecule has 0 saturated heterocycles. The number of rotatable bonds is 4. The van der Waals surface area contributed by atoms with E-state index in [0.29, 0.717) is 13.0 Å². The fourth-order valence-corrected chi connectivity index (χ4v) is 0.995. The van der Waals surface area contributed by atoms with Crippen molar-refractivity contribution in [3.05, 3.63) is 30.6 Å². The van der Waals surface area contributed by atoms with Gasteiger partial charge >= 0.3 is 5.97 Å². The zero-order valence-corrected chi connectivity index (χ0v) is 7.26. The summed E-state index contributed by atoms with van der Waals surface area (Å²) in [6.45, 7) is 0.633. The van der Waals surface area contributed by atoms with Crippen molar-refractivity contribution in [2.75, 3.05) is 0 Å². The van der Waals surface area contributed by atoms with E-state index >= 15 is 0 Å². The molecular weight excluding hydrogens is 168 g/mol. The molecule has 1 aromatic heterocycles. The van der Waals surface area contributed by atoms with Gasteiger partial charge in [-0.1, -0.05) is 6.07 Å². The maximum Gasteiger partial charge on any atom is 0.320 e. The molecule has 1 atom stereocenters. The number of aromatic nitrogens is 1. The summed E-state index contributed by atoms with van der Waals surface area (Å²) in [5.41, 5.74) is 5.35. The highest BCUT2D eigenvalue weighted by Crippen LogP contribution is 1.88. The van der Waals surface area contributed by atoms with E-state index in [4.69, 9.17) is 10.8 Å². The summed E-state index contributed by atoms with van der Waals surface area (Å²) in [5.74, 6) is -0.948. The molecule has 0 amide bonds. The Morgan fingerprint density at radius 3 is 2.54 bits per heavy atom. The Hall–Kier alpha value is -1.42. The van der Waals surface area contributed by atoms with E-state index in [0.717, 1.165) is 0 Å². The second kappa shape index (κ2) is 4.57. The lowest BCUT2D eigenvalue weighted by molar-refractivity contribution is -0.697. The van der Waals surface area contributed by atoms with Crippen molar-refractivity contribution < 1.29 is 14.5 Å². The molecule has 0 radical (unpaired) electrons. The number of carboxylic acids is 1. The van der Waals surface area contributed by atoms with Gasteiger partial charge in [-0.05, 0) is 0 Å². The van der Waals surface area contributed by atoms with E-state index in [1.807, 2.05) is 35.2 Å². The Labute approximate surface area is 76.6 Å². The van der Waals surface area contributed by atoms with Crippen molar-refractivity contribution in [2.45, 2.75) is 19.0 Å². The molecule has 0 fully saturated rings. The summed E-state index contributed by atoms with van der Waals surface area (Å²) in [6, 6.07) is 4.93. The lowest BCUT2D eigenvalue weighted by Gasteiger charge is -2.02. The molecule has 0 aliphatic heterocycles. The Morgan fingerprint density at radius 1 is 1.38 bits per heavy atom. The highest BCUT2D eigenvalue weighted by molar-refractivity contribution is 5.72. The third-order valence-corrected chi connectivity index (χ3v) is 1.79. The van der Waals surface area contributed by atoms with E-state index in [1.54, 1.807) is 0 Å². The Morgan fingerprint density at radius 2 is 2.00 bits per heavy atom. The van der Waals surface area contributed by atoms with Gasteiger partial charge < -0.3 is 10.8 Å². The number of hydrogen-bond acceptors (Lipinski definition) is 2. The van der Waals surface area contributed by atoms with Crippen molar-refractivity contribution in [3.8, 4) is 0 Å². The molecule has 1 heterocycles. The average molecular weight is 181 g/mol. The first-order chi connectivity index (χ1) is 6.20. The van der Waals surface area contributed by atoms with E-state index < -0.39 is 12.0 Å². The van der Waals surface area contributed by atoms with E-state index in [2.05, 4.69) is 0 Å². The third kappa shape index (κ3) is 3.21. The van der Waals surface area contributed by atoms with Gasteiger partial charge in [0.1, 0.15) is 6.04 Å². The Balaban J connectivity index is 2.39. The number of nitrogens with two attached hydrogens (primary N) is 1. The van der Waals surface area contributed by atoms with Gasteiger partial charge in [-0.3, -0.25) is 4.79 Å². The van der Waals surface area contributed by atoms with Crippen molar-refractivity contribution >= 4 is 5.97 Å². The monoisotopic (exact) mass is 181 g/mol. The molecule has 0 unspecified atom stereocenters. The number of aliphatic carboxylic acids is 1. The first-order valence-corrected chi connectivity index (χ1v) is 4.12. The Kier molecular flexibility index (Phi) is 3.40. The minimum Gasteiger partial charge on any atom is -0.480 e. The highest BCUT2D eigenvalue weighted by Gasteiger charge is 2.12. The lowest BCUT2D eigenvalue weighted by atomic mass is 10.2. The minimum atomic E-state index is -0.948. The van der Waals surface area contributed by atoms with Crippen LogP contribution in [0.15, 0.2) is 30.6 Å². The van der Waals surface area contributed by atoms with E-state index in [9.17, 15) is 4.79 Å². The van der Waals surface area contributed by atoms with Gasteiger partial charge in [0.2, 0.25) is 0 Å². The van der Waals surface area contributed by atoms with Crippen molar-refractivity contribution in [1.82, 2.24) is 0 Å². The summed E-state index contributed by atoms with van der Waals surface area (Å²) in [7, 11) is 0. The number of carbonyl (C=O) groups is 1. The van der Waals surface area contributed by atoms with Crippen molar-refractivity contribution in [3.63, 3.8) is 0 Å². The fourth-order valence-electron chi connectivity index (χ4n) is 0.995. The van der Waals surface area contributed by atoms with Crippen LogP contribution in [0.5, 0.6) is 0 Å². The number of carboxylic acid groups (broad SMARTS) is 1. The van der Waals surface area contributed by atoms with Crippen LogP contribution in [0.1, 0.15) is 6.42 Å². The first kappa shape index (κ1) is 9.67. The fraction of sp³-hybridized carbons (Fsp3) is 0.333. The molecule has 0 saturated carbocycles. The summed E-state index contributed by atoms with van der Waals surface area (Å²) >= 11 is 0. The van der Waals surface area contributed by atoms with Crippen LogP contribution in [0.4, 0.5) is 0 Å². The maximum atomic E-state index is 10.4. The normalized spacial score (nSPS) is 12.4. The predicted molar refractivity (Wildman–Crippen MR) is 46.9 cm³/mol. The van der Waals surface area contributed by atoms with Crippen LogP contribution < -0.4 is 10.3 Å². The average Bonchev–Trinajstić information content (AvgIpc) is 2.15. The van der Waals surface area contributed by atoms with Crippen LogP contribution in [0, 0.1) is 0 Å². The standard InChI is InChI=1S/C9H12N2O2/c10-8(9(12)13)4-7-11-5-2-1-3-6-11/h1-3,5-6,8H,4,7,10H2/p+1/t8-/m0/s1. The van der Waals surface area contributed by atoms with Crippen molar-refractivity contribution in [2.24, 2.45) is 5.73 Å². The Bertz CT molecular complexity index is 274.